The number of amides is 1. The molecule has 28 heavy (non-hydrogen) atoms. The van der Waals surface area contributed by atoms with Crippen LogP contribution in [0.1, 0.15) is 43.0 Å². The van der Waals surface area contributed by atoms with Crippen LogP contribution in [0.3, 0.4) is 0 Å². The van der Waals surface area contributed by atoms with E-state index in [1.54, 1.807) is 0 Å². The number of rotatable bonds is 9. The topological polar surface area (TPSA) is 91.7 Å². The predicted octanol–water partition coefficient (Wildman–Crippen LogP) is 2.26. The maximum atomic E-state index is 13.1. The van der Waals surface area contributed by atoms with Gasteiger partial charge in [0.25, 0.3) is 5.91 Å². The van der Waals surface area contributed by atoms with Crippen molar-refractivity contribution >= 4 is 5.91 Å². The number of carbonyl (C=O) groups excluding carboxylic acids is 1. The van der Waals surface area contributed by atoms with E-state index in [2.05, 4.69) is 10.3 Å². The number of aliphatic hydroxyl groups is 2. The van der Waals surface area contributed by atoms with E-state index in [4.69, 9.17) is 9.84 Å². The van der Waals surface area contributed by atoms with Gasteiger partial charge in [0.2, 0.25) is 0 Å². The van der Waals surface area contributed by atoms with Gasteiger partial charge in [-0.1, -0.05) is 30.3 Å². The van der Waals surface area contributed by atoms with Crippen molar-refractivity contribution in [2.24, 2.45) is 0 Å². The number of aliphatic hydroxyl groups excluding tert-OH is 1. The lowest BCUT2D eigenvalue weighted by atomic mass is 9.76. The quantitative estimate of drug-likeness (QED) is 0.613. The molecule has 2 aromatic rings. The Balaban J connectivity index is 1.54. The number of halogens is 1. The van der Waals surface area contributed by atoms with E-state index in [0.29, 0.717) is 25.1 Å². The largest absolute Gasteiger partial charge is 0.396 e. The molecule has 6 nitrogen and oxygen atoms in total. The first-order chi connectivity index (χ1) is 13.5. The van der Waals surface area contributed by atoms with Gasteiger partial charge in [0.1, 0.15) is 11.4 Å². The molecule has 0 radical (unpaired) electrons. The molecule has 0 saturated heterocycles. The van der Waals surface area contributed by atoms with Crippen molar-refractivity contribution in [2.75, 3.05) is 6.61 Å². The Morgan fingerprint density at radius 3 is 2.68 bits per heavy atom. The van der Waals surface area contributed by atoms with Gasteiger partial charge in [0, 0.05) is 19.4 Å². The van der Waals surface area contributed by atoms with E-state index in [9.17, 15) is 14.3 Å². The molecule has 0 aliphatic heterocycles. The summed E-state index contributed by atoms with van der Waals surface area (Å²) < 4.78 is 18.9. The van der Waals surface area contributed by atoms with Gasteiger partial charge in [0.05, 0.1) is 30.6 Å². The third-order valence-electron chi connectivity index (χ3n) is 4.95. The summed E-state index contributed by atoms with van der Waals surface area (Å²) in [5.41, 5.74) is 0.0376. The molecule has 1 amide bonds. The Bertz CT molecular complexity index is 764. The second kappa shape index (κ2) is 9.23. The van der Waals surface area contributed by atoms with E-state index in [-0.39, 0.29) is 25.6 Å². The molecule has 1 saturated carbocycles. The predicted molar refractivity (Wildman–Crippen MR) is 101 cm³/mol. The van der Waals surface area contributed by atoms with Gasteiger partial charge in [-0.3, -0.25) is 9.78 Å². The number of hydrogen-bond acceptors (Lipinski definition) is 5. The summed E-state index contributed by atoms with van der Waals surface area (Å²) in [5, 5.41) is 22.5. The number of pyridine rings is 1. The summed E-state index contributed by atoms with van der Waals surface area (Å²) in [6.07, 6.45) is 2.22. The average molecular weight is 388 g/mol. The summed E-state index contributed by atoms with van der Waals surface area (Å²) in [4.78, 5) is 16.6. The Kier molecular flexibility index (Phi) is 6.72. The SMILES string of the molecule is O=C(N[C@@H](CCCO)c1ccc(F)cn1)C1(O)CC(OCc2ccccc2)C1. The van der Waals surface area contributed by atoms with E-state index >= 15 is 0 Å². The van der Waals surface area contributed by atoms with Crippen LogP contribution >= 0.6 is 0 Å². The van der Waals surface area contributed by atoms with Crippen LogP contribution in [0.5, 0.6) is 0 Å². The molecule has 1 heterocycles. The first-order valence-corrected chi connectivity index (χ1v) is 9.41. The lowest BCUT2D eigenvalue weighted by Gasteiger charge is -2.42. The van der Waals surface area contributed by atoms with Crippen molar-refractivity contribution < 1.29 is 24.1 Å². The molecular weight excluding hydrogens is 363 g/mol. The molecule has 1 aliphatic carbocycles. The van der Waals surface area contributed by atoms with E-state index in [0.717, 1.165) is 11.8 Å². The average Bonchev–Trinajstić information content (AvgIpc) is 2.69. The molecule has 3 rings (SSSR count). The monoisotopic (exact) mass is 388 g/mol. The Morgan fingerprint density at radius 2 is 2.04 bits per heavy atom. The number of hydrogen-bond donors (Lipinski definition) is 3. The molecule has 7 heteroatoms. The second-order valence-corrected chi connectivity index (χ2v) is 7.15. The molecule has 1 aromatic heterocycles. The zero-order chi connectivity index (χ0) is 20.0. The van der Waals surface area contributed by atoms with Crippen molar-refractivity contribution in [1.29, 1.82) is 0 Å². The van der Waals surface area contributed by atoms with Crippen molar-refractivity contribution in [3.63, 3.8) is 0 Å². The fourth-order valence-electron chi connectivity index (χ4n) is 3.26. The zero-order valence-corrected chi connectivity index (χ0v) is 15.6. The maximum Gasteiger partial charge on any atom is 0.252 e. The standard InChI is InChI=1S/C21H25FN2O4/c22-16-8-9-18(23-13-16)19(7-4-10-25)24-20(26)21(27)11-17(12-21)28-14-15-5-2-1-3-6-15/h1-3,5-6,8-9,13,17,19,25,27H,4,7,10-12,14H2,(H,24,26)/t17?,19-,21?/m0/s1. The summed E-state index contributed by atoms with van der Waals surface area (Å²) in [6, 6.07) is 12.0. The van der Waals surface area contributed by atoms with E-state index in [1.165, 1.54) is 12.1 Å². The maximum absolute atomic E-state index is 13.1. The van der Waals surface area contributed by atoms with Crippen LogP contribution in [-0.2, 0) is 16.1 Å². The molecule has 1 fully saturated rings. The molecule has 1 aliphatic rings. The summed E-state index contributed by atoms with van der Waals surface area (Å²) in [6.45, 7) is 0.398. The van der Waals surface area contributed by atoms with Gasteiger partial charge < -0.3 is 20.3 Å². The Hall–Kier alpha value is -2.35. The zero-order valence-electron chi connectivity index (χ0n) is 15.6. The first-order valence-electron chi connectivity index (χ1n) is 9.41. The molecular formula is C21H25FN2O4. The molecule has 1 aromatic carbocycles. The molecule has 150 valence electrons. The molecule has 0 unspecified atom stereocenters. The van der Waals surface area contributed by atoms with Gasteiger partial charge in [-0.25, -0.2) is 4.39 Å². The highest BCUT2D eigenvalue weighted by Gasteiger charge is 2.49. The lowest BCUT2D eigenvalue weighted by molar-refractivity contribution is -0.173. The first kappa shape index (κ1) is 20.4. The van der Waals surface area contributed by atoms with Crippen LogP contribution in [0.4, 0.5) is 4.39 Å². The highest BCUT2D eigenvalue weighted by atomic mass is 19.1. The van der Waals surface area contributed by atoms with Crippen molar-refractivity contribution in [1.82, 2.24) is 10.3 Å². The van der Waals surface area contributed by atoms with Crippen LogP contribution in [0.25, 0.3) is 0 Å². The van der Waals surface area contributed by atoms with Crippen LogP contribution in [0, 0.1) is 5.82 Å². The summed E-state index contributed by atoms with van der Waals surface area (Å²) >= 11 is 0. The van der Waals surface area contributed by atoms with E-state index < -0.39 is 23.4 Å². The van der Waals surface area contributed by atoms with Gasteiger partial charge in [-0.15, -0.1) is 0 Å². The molecule has 0 bridgehead atoms. The number of ether oxygens (including phenoxy) is 1. The molecule has 0 spiro atoms. The number of carbonyl (C=O) groups is 1. The Morgan fingerprint density at radius 1 is 1.29 bits per heavy atom. The minimum Gasteiger partial charge on any atom is -0.396 e. The smallest absolute Gasteiger partial charge is 0.252 e. The van der Waals surface area contributed by atoms with Crippen LogP contribution < -0.4 is 5.32 Å². The van der Waals surface area contributed by atoms with Gasteiger partial charge >= 0.3 is 0 Å². The molecule has 3 N–H and O–H groups in total. The minimum atomic E-state index is -1.49. The second-order valence-electron chi connectivity index (χ2n) is 7.15. The number of aromatic nitrogens is 1. The van der Waals surface area contributed by atoms with Crippen LogP contribution in [0.15, 0.2) is 48.7 Å². The normalized spacial score (nSPS) is 22.3. The number of nitrogens with one attached hydrogen (secondary N) is 1. The summed E-state index contributed by atoms with van der Waals surface area (Å²) in [5.74, 6) is -0.965. The fraction of sp³-hybridized carbons (Fsp3) is 0.429. The number of nitrogens with zero attached hydrogens (tertiary/aromatic N) is 1. The van der Waals surface area contributed by atoms with Crippen LogP contribution in [-0.4, -0.2) is 39.4 Å². The Labute approximate surface area is 163 Å². The fourth-order valence-corrected chi connectivity index (χ4v) is 3.26. The van der Waals surface area contributed by atoms with Crippen molar-refractivity contribution in [2.45, 2.75) is 50.0 Å². The third kappa shape index (κ3) is 5.13. The minimum absolute atomic E-state index is 0.0345. The molecule has 1 atom stereocenters. The highest BCUT2D eigenvalue weighted by molar-refractivity contribution is 5.86. The van der Waals surface area contributed by atoms with Crippen molar-refractivity contribution in [3.05, 3.63) is 65.7 Å². The third-order valence-corrected chi connectivity index (χ3v) is 4.95. The number of benzene rings is 1. The van der Waals surface area contributed by atoms with Crippen molar-refractivity contribution in [3.8, 4) is 0 Å². The van der Waals surface area contributed by atoms with Gasteiger partial charge in [-0.05, 0) is 30.5 Å². The lowest BCUT2D eigenvalue weighted by Crippen LogP contribution is -2.58. The van der Waals surface area contributed by atoms with Crippen LogP contribution in [0.2, 0.25) is 0 Å². The highest BCUT2D eigenvalue weighted by Crippen LogP contribution is 2.36. The van der Waals surface area contributed by atoms with E-state index in [1.807, 2.05) is 30.3 Å². The van der Waals surface area contributed by atoms with Gasteiger partial charge in [-0.2, -0.15) is 0 Å². The van der Waals surface area contributed by atoms with Gasteiger partial charge in [0.15, 0.2) is 0 Å². The summed E-state index contributed by atoms with van der Waals surface area (Å²) in [7, 11) is 0.